The van der Waals surface area contributed by atoms with Gasteiger partial charge >= 0.3 is 0 Å². The Hall–Kier alpha value is -1.18. The minimum absolute atomic E-state index is 0.0712. The summed E-state index contributed by atoms with van der Waals surface area (Å²) < 4.78 is 0. The van der Waals surface area contributed by atoms with Gasteiger partial charge in [-0.15, -0.1) is 0 Å². The molecule has 1 aromatic carbocycles. The van der Waals surface area contributed by atoms with Gasteiger partial charge in [0.05, 0.1) is 0 Å². The summed E-state index contributed by atoms with van der Waals surface area (Å²) in [5.41, 5.74) is 2.60. The van der Waals surface area contributed by atoms with Gasteiger partial charge in [0.25, 0.3) is 0 Å². The number of benzene rings is 1. The summed E-state index contributed by atoms with van der Waals surface area (Å²) in [5.74, 6) is 1.71. The molecule has 0 aliphatic carbocycles. The lowest BCUT2D eigenvalue weighted by Gasteiger charge is -2.21. The van der Waals surface area contributed by atoms with E-state index >= 15 is 0 Å². The van der Waals surface area contributed by atoms with E-state index in [0.29, 0.717) is 0 Å². The van der Waals surface area contributed by atoms with Crippen LogP contribution in [-0.2, 0) is 12.8 Å². The number of aryl methyl sites for hydroxylation is 2. The van der Waals surface area contributed by atoms with Crippen molar-refractivity contribution in [3.8, 4) is 11.5 Å². The molecule has 0 aromatic heterocycles. The van der Waals surface area contributed by atoms with E-state index in [9.17, 15) is 10.2 Å². The fourth-order valence-corrected chi connectivity index (χ4v) is 8.27. The molecular formula is C48H90O2. The molecule has 0 heterocycles. The van der Waals surface area contributed by atoms with Crippen molar-refractivity contribution in [1.29, 1.82) is 0 Å². The third-order valence-electron chi connectivity index (χ3n) is 11.8. The van der Waals surface area contributed by atoms with Crippen molar-refractivity contribution in [3.05, 3.63) is 23.3 Å². The maximum atomic E-state index is 10.6. The first-order chi connectivity index (χ1) is 24.5. The molecule has 294 valence electrons. The summed E-state index contributed by atoms with van der Waals surface area (Å²) in [4.78, 5) is 0. The van der Waals surface area contributed by atoms with Crippen LogP contribution in [0.15, 0.2) is 12.1 Å². The summed E-state index contributed by atoms with van der Waals surface area (Å²) >= 11 is 0. The van der Waals surface area contributed by atoms with Crippen molar-refractivity contribution in [2.45, 2.75) is 259 Å². The average molecular weight is 699 g/mol. The van der Waals surface area contributed by atoms with Gasteiger partial charge < -0.3 is 10.2 Å². The van der Waals surface area contributed by atoms with Crippen LogP contribution in [0.1, 0.15) is 257 Å². The zero-order valence-electron chi connectivity index (χ0n) is 34.7. The number of unbranched alkanes of at least 4 members (excludes halogenated alkanes) is 24. The largest absolute Gasteiger partial charge is 0.504 e. The summed E-state index contributed by atoms with van der Waals surface area (Å²) in [6.07, 6.45) is 48.8. The van der Waals surface area contributed by atoms with E-state index in [1.807, 2.05) is 12.1 Å². The van der Waals surface area contributed by atoms with Gasteiger partial charge in [-0.05, 0) is 60.8 Å². The van der Waals surface area contributed by atoms with Crippen LogP contribution in [-0.4, -0.2) is 10.2 Å². The number of phenols is 2. The van der Waals surface area contributed by atoms with E-state index in [0.717, 1.165) is 24.7 Å². The Morgan fingerprint density at radius 1 is 0.320 bits per heavy atom. The highest BCUT2D eigenvalue weighted by Gasteiger charge is 2.16. The summed E-state index contributed by atoms with van der Waals surface area (Å²) in [7, 11) is 0. The molecule has 0 aliphatic heterocycles. The van der Waals surface area contributed by atoms with Crippen LogP contribution in [0.4, 0.5) is 0 Å². The second-order valence-corrected chi connectivity index (χ2v) is 16.6. The maximum absolute atomic E-state index is 10.6. The third kappa shape index (κ3) is 26.6. The Balaban J connectivity index is 2.78. The van der Waals surface area contributed by atoms with Crippen molar-refractivity contribution >= 4 is 0 Å². The molecule has 2 unspecified atom stereocenters. The van der Waals surface area contributed by atoms with Crippen LogP contribution < -0.4 is 0 Å². The second-order valence-electron chi connectivity index (χ2n) is 16.6. The third-order valence-corrected chi connectivity index (χ3v) is 11.8. The Morgan fingerprint density at radius 3 is 0.780 bits per heavy atom. The first-order valence-electron chi connectivity index (χ1n) is 23.1. The van der Waals surface area contributed by atoms with E-state index < -0.39 is 0 Å². The molecule has 2 heteroatoms. The predicted octanol–water partition coefficient (Wildman–Crippen LogP) is 16.8. The van der Waals surface area contributed by atoms with Crippen LogP contribution in [0.5, 0.6) is 11.5 Å². The van der Waals surface area contributed by atoms with Crippen molar-refractivity contribution in [3.63, 3.8) is 0 Å². The highest BCUT2D eigenvalue weighted by molar-refractivity contribution is 5.45. The first kappa shape index (κ1) is 46.8. The SMILES string of the molecule is CCCCCCCCCCC(CCCCCCCC)CCc1cc(O)c(O)cc1CCC(CCCCCCCC)CCCCCCCCCC. The highest BCUT2D eigenvalue weighted by atomic mass is 16.3. The lowest BCUT2D eigenvalue weighted by Crippen LogP contribution is -2.07. The normalized spacial score (nSPS) is 12.9. The zero-order chi connectivity index (χ0) is 36.3. The first-order valence-corrected chi connectivity index (χ1v) is 23.1. The molecule has 2 N–H and O–H groups in total. The molecule has 1 rings (SSSR count). The van der Waals surface area contributed by atoms with Crippen LogP contribution in [0, 0.1) is 11.8 Å². The molecular weight excluding hydrogens is 609 g/mol. The average Bonchev–Trinajstić information content (AvgIpc) is 3.12. The van der Waals surface area contributed by atoms with Gasteiger partial charge in [-0.2, -0.15) is 0 Å². The minimum atomic E-state index is 0.0712. The fraction of sp³-hybridized carbons (Fsp3) is 0.875. The molecule has 0 radical (unpaired) electrons. The Labute approximate surface area is 314 Å². The highest BCUT2D eigenvalue weighted by Crippen LogP contribution is 2.33. The van der Waals surface area contributed by atoms with E-state index in [2.05, 4.69) is 27.7 Å². The number of aromatic hydroxyl groups is 2. The van der Waals surface area contributed by atoms with E-state index in [4.69, 9.17) is 0 Å². The summed E-state index contributed by atoms with van der Waals surface area (Å²) in [5, 5.41) is 21.2. The molecule has 1 aromatic rings. The quantitative estimate of drug-likeness (QED) is 0.0533. The van der Waals surface area contributed by atoms with Crippen LogP contribution in [0.2, 0.25) is 0 Å². The molecule has 0 spiro atoms. The summed E-state index contributed by atoms with van der Waals surface area (Å²) in [6, 6.07) is 3.84. The molecule has 0 saturated heterocycles. The van der Waals surface area contributed by atoms with Gasteiger partial charge in [0.2, 0.25) is 0 Å². The van der Waals surface area contributed by atoms with Crippen LogP contribution >= 0.6 is 0 Å². The van der Waals surface area contributed by atoms with Crippen LogP contribution in [0.3, 0.4) is 0 Å². The lowest BCUT2D eigenvalue weighted by molar-refractivity contribution is 0.373. The smallest absolute Gasteiger partial charge is 0.157 e. The molecule has 0 bridgehead atoms. The Kier molecular flexibility index (Phi) is 32.7. The van der Waals surface area contributed by atoms with Crippen molar-refractivity contribution in [2.75, 3.05) is 0 Å². The molecule has 0 fully saturated rings. The van der Waals surface area contributed by atoms with Gasteiger partial charge in [-0.3, -0.25) is 0 Å². The van der Waals surface area contributed by atoms with Gasteiger partial charge in [0.15, 0.2) is 11.5 Å². The Bertz CT molecular complexity index is 778. The Morgan fingerprint density at radius 2 is 0.540 bits per heavy atom. The molecule has 0 aliphatic rings. The summed E-state index contributed by atoms with van der Waals surface area (Å²) in [6.45, 7) is 9.22. The number of phenolic OH excluding ortho intramolecular Hbond substituents is 2. The van der Waals surface area contributed by atoms with Gasteiger partial charge in [-0.1, -0.05) is 233 Å². The van der Waals surface area contributed by atoms with Crippen molar-refractivity contribution in [2.24, 2.45) is 11.8 Å². The van der Waals surface area contributed by atoms with Gasteiger partial charge in [0, 0.05) is 0 Å². The fourth-order valence-electron chi connectivity index (χ4n) is 8.27. The van der Waals surface area contributed by atoms with Crippen molar-refractivity contribution in [1.82, 2.24) is 0 Å². The molecule has 0 saturated carbocycles. The monoisotopic (exact) mass is 699 g/mol. The minimum Gasteiger partial charge on any atom is -0.504 e. The molecule has 50 heavy (non-hydrogen) atoms. The lowest BCUT2D eigenvalue weighted by atomic mass is 9.85. The second kappa shape index (κ2) is 34.9. The number of hydrogen-bond donors (Lipinski definition) is 2. The van der Waals surface area contributed by atoms with E-state index in [1.54, 1.807) is 0 Å². The molecule has 0 amide bonds. The number of hydrogen-bond acceptors (Lipinski definition) is 2. The van der Waals surface area contributed by atoms with E-state index in [-0.39, 0.29) is 11.5 Å². The molecule has 2 nitrogen and oxygen atoms in total. The van der Waals surface area contributed by atoms with Gasteiger partial charge in [-0.25, -0.2) is 0 Å². The van der Waals surface area contributed by atoms with Crippen molar-refractivity contribution < 1.29 is 10.2 Å². The van der Waals surface area contributed by atoms with Gasteiger partial charge in [0.1, 0.15) is 0 Å². The standard InChI is InChI=1S/C48H90O2/c1-5-9-13-17-21-23-27-31-35-43(33-29-25-19-15-11-7-3)37-39-45-41-47(49)48(50)42-46(45)40-38-44(34-30-26-20-16-12-8-4)36-32-28-24-22-18-14-10-6-2/h41-44,49-50H,5-40H2,1-4H3. The zero-order valence-corrected chi connectivity index (χ0v) is 34.7. The molecule has 2 atom stereocenters. The number of rotatable bonds is 38. The van der Waals surface area contributed by atoms with Crippen LogP contribution in [0.25, 0.3) is 0 Å². The maximum Gasteiger partial charge on any atom is 0.157 e. The predicted molar refractivity (Wildman–Crippen MR) is 224 cm³/mol. The topological polar surface area (TPSA) is 40.5 Å². The van der Waals surface area contributed by atoms with E-state index in [1.165, 1.54) is 229 Å².